The molecule has 3 heterocycles. The summed E-state index contributed by atoms with van der Waals surface area (Å²) in [5.74, 6) is 0.814. The first-order valence-electron chi connectivity index (χ1n) is 9.66. The van der Waals surface area contributed by atoms with E-state index >= 15 is 0 Å². The third-order valence-electron chi connectivity index (χ3n) is 5.33. The minimum absolute atomic E-state index is 0.0269. The number of carbonyl (C=O) groups is 1. The van der Waals surface area contributed by atoms with E-state index < -0.39 is 0 Å². The van der Waals surface area contributed by atoms with Crippen molar-refractivity contribution in [3.8, 4) is 6.07 Å². The van der Waals surface area contributed by atoms with Gasteiger partial charge in [0.1, 0.15) is 34.9 Å². The highest BCUT2D eigenvalue weighted by Crippen LogP contribution is 2.44. The minimum Gasteiger partial charge on any atom is -0.383 e. The Labute approximate surface area is 189 Å². The number of pyridine rings is 2. The lowest BCUT2D eigenvalue weighted by Crippen LogP contribution is -2.25. The molecule has 2 aromatic heterocycles. The molecule has 0 bridgehead atoms. The molecule has 8 nitrogen and oxygen atoms in total. The van der Waals surface area contributed by atoms with Gasteiger partial charge in [-0.1, -0.05) is 23.2 Å². The Hall–Kier alpha value is -3.28. The van der Waals surface area contributed by atoms with Crippen molar-refractivity contribution < 1.29 is 4.79 Å². The van der Waals surface area contributed by atoms with Gasteiger partial charge in [0.05, 0.1) is 17.5 Å². The summed E-state index contributed by atoms with van der Waals surface area (Å²) in [7, 11) is 0. The molecule has 10 heteroatoms. The number of rotatable bonds is 4. The molecule has 3 aromatic rings. The molecule has 0 aliphatic carbocycles. The summed E-state index contributed by atoms with van der Waals surface area (Å²) in [6.07, 6.45) is 0.0269. The van der Waals surface area contributed by atoms with Crippen LogP contribution in [-0.4, -0.2) is 29.0 Å². The number of carbonyl (C=O) groups excluding carboxylic acids is 1. The van der Waals surface area contributed by atoms with E-state index in [0.717, 1.165) is 0 Å². The predicted octanol–water partition coefficient (Wildman–Crippen LogP) is 4.04. The molecule has 0 radical (unpaired) electrons. The van der Waals surface area contributed by atoms with Gasteiger partial charge in [-0.25, -0.2) is 9.97 Å². The summed E-state index contributed by atoms with van der Waals surface area (Å²) in [5.41, 5.74) is 13.8. The van der Waals surface area contributed by atoms with E-state index in [2.05, 4.69) is 16.0 Å². The summed E-state index contributed by atoms with van der Waals surface area (Å²) in [6, 6.07) is 7.06. The summed E-state index contributed by atoms with van der Waals surface area (Å²) in [5, 5.41) is 11.7. The van der Waals surface area contributed by atoms with Gasteiger partial charge >= 0.3 is 0 Å². The van der Waals surface area contributed by atoms with Crippen LogP contribution in [0, 0.1) is 11.3 Å². The second-order valence-corrected chi connectivity index (χ2v) is 7.94. The summed E-state index contributed by atoms with van der Waals surface area (Å²) in [6.45, 7) is 5.20. The monoisotopic (exact) mass is 455 g/mol. The molecule has 1 aliphatic rings. The molecule has 0 saturated heterocycles. The normalized spacial score (nSPS) is 12.9. The molecule has 0 unspecified atom stereocenters. The Balaban J connectivity index is 2.07. The molecule has 0 saturated carbocycles. The summed E-state index contributed by atoms with van der Waals surface area (Å²) >= 11 is 12.3. The van der Waals surface area contributed by atoms with E-state index in [9.17, 15) is 10.1 Å². The average molecular weight is 456 g/mol. The highest BCUT2D eigenvalue weighted by Gasteiger charge is 2.35. The molecule has 1 amide bonds. The van der Waals surface area contributed by atoms with Crippen molar-refractivity contribution >= 4 is 68.8 Å². The van der Waals surface area contributed by atoms with Gasteiger partial charge in [0, 0.05) is 34.1 Å². The van der Waals surface area contributed by atoms with Gasteiger partial charge in [0.25, 0.3) is 0 Å². The zero-order valence-corrected chi connectivity index (χ0v) is 18.4. The molecular formula is C21H19Cl2N7O. The molecule has 0 atom stereocenters. The van der Waals surface area contributed by atoms with Gasteiger partial charge in [-0.2, -0.15) is 5.26 Å². The Kier molecular flexibility index (Phi) is 5.25. The molecule has 0 fully saturated rings. The van der Waals surface area contributed by atoms with Crippen LogP contribution in [-0.2, 0) is 11.2 Å². The number of anilines is 5. The molecular weight excluding hydrogens is 437 g/mol. The molecule has 4 N–H and O–H groups in total. The van der Waals surface area contributed by atoms with Crippen molar-refractivity contribution in [1.29, 1.82) is 5.26 Å². The number of hydrogen-bond donors (Lipinski definition) is 2. The summed E-state index contributed by atoms with van der Waals surface area (Å²) < 4.78 is 0. The van der Waals surface area contributed by atoms with E-state index in [1.165, 1.54) is 4.90 Å². The van der Waals surface area contributed by atoms with Crippen LogP contribution >= 0.6 is 23.2 Å². The number of nitrogens with zero attached hydrogens (tertiary/aromatic N) is 5. The van der Waals surface area contributed by atoms with Crippen molar-refractivity contribution in [3.05, 3.63) is 39.4 Å². The average Bonchev–Trinajstić information content (AvgIpc) is 3.03. The number of benzene rings is 1. The number of halogens is 2. The second-order valence-electron chi connectivity index (χ2n) is 7.06. The van der Waals surface area contributed by atoms with Crippen molar-refractivity contribution in [3.63, 3.8) is 0 Å². The van der Waals surface area contributed by atoms with Crippen molar-refractivity contribution in [2.45, 2.75) is 20.3 Å². The third-order valence-corrected chi connectivity index (χ3v) is 5.77. The van der Waals surface area contributed by atoms with Gasteiger partial charge in [-0.3, -0.25) is 9.69 Å². The van der Waals surface area contributed by atoms with E-state index in [0.29, 0.717) is 62.4 Å². The topological polar surface area (TPSA) is 125 Å². The first-order chi connectivity index (χ1) is 14.8. The number of amides is 1. The number of nitrogen functional groups attached to an aromatic ring is 2. The van der Waals surface area contributed by atoms with Crippen LogP contribution in [0.2, 0.25) is 10.0 Å². The smallest absolute Gasteiger partial charge is 0.237 e. The van der Waals surface area contributed by atoms with Crippen LogP contribution in [0.5, 0.6) is 0 Å². The van der Waals surface area contributed by atoms with Crippen molar-refractivity contribution in [2.24, 2.45) is 0 Å². The molecule has 1 aromatic carbocycles. The maximum atomic E-state index is 13.0. The minimum atomic E-state index is -0.239. The Morgan fingerprint density at radius 1 is 1.10 bits per heavy atom. The van der Waals surface area contributed by atoms with Crippen LogP contribution in [0.1, 0.15) is 25.0 Å². The predicted molar refractivity (Wildman–Crippen MR) is 124 cm³/mol. The van der Waals surface area contributed by atoms with Gasteiger partial charge < -0.3 is 16.4 Å². The zero-order valence-electron chi connectivity index (χ0n) is 16.9. The zero-order chi connectivity index (χ0) is 22.4. The first kappa shape index (κ1) is 21.0. The standard InChI is InChI=1S/C21H19Cl2N7O/c1-3-29(4-2)20-14(9-24)16-13-8-15(31)30(12-6-10(22)5-11(23)7-12)21(13)28-19(26)17(16)18(25)27-20/h5-7H,3-4,8H2,1-2H3,(H2,25,27)(H2,26,28). The maximum Gasteiger partial charge on any atom is 0.237 e. The Bertz CT molecular complexity index is 1260. The number of nitriles is 1. The largest absolute Gasteiger partial charge is 0.383 e. The fourth-order valence-corrected chi connectivity index (χ4v) is 4.51. The quantitative estimate of drug-likeness (QED) is 0.607. The molecule has 0 spiro atoms. The highest BCUT2D eigenvalue weighted by atomic mass is 35.5. The van der Waals surface area contributed by atoms with Crippen LogP contribution in [0.4, 0.5) is 29.0 Å². The fraction of sp³-hybridized carbons (Fsp3) is 0.238. The van der Waals surface area contributed by atoms with Gasteiger partial charge in [-0.05, 0) is 32.0 Å². The SMILES string of the molecule is CCN(CC)c1nc(N)c2c(N)nc3c(c2c1C#N)CC(=O)N3c1cc(Cl)cc(Cl)c1. The van der Waals surface area contributed by atoms with E-state index in [4.69, 9.17) is 34.7 Å². The summed E-state index contributed by atoms with van der Waals surface area (Å²) in [4.78, 5) is 25.3. The third kappa shape index (κ3) is 3.26. The van der Waals surface area contributed by atoms with Crippen LogP contribution in [0.3, 0.4) is 0 Å². The van der Waals surface area contributed by atoms with Gasteiger partial charge in [0.2, 0.25) is 5.91 Å². The molecule has 1 aliphatic heterocycles. The van der Waals surface area contributed by atoms with Crippen LogP contribution in [0.25, 0.3) is 10.8 Å². The van der Waals surface area contributed by atoms with Gasteiger partial charge in [-0.15, -0.1) is 0 Å². The van der Waals surface area contributed by atoms with E-state index in [-0.39, 0.29) is 24.0 Å². The van der Waals surface area contributed by atoms with E-state index in [1.54, 1.807) is 18.2 Å². The Morgan fingerprint density at radius 2 is 1.71 bits per heavy atom. The Morgan fingerprint density at radius 3 is 2.29 bits per heavy atom. The number of hydrogen-bond acceptors (Lipinski definition) is 7. The van der Waals surface area contributed by atoms with Gasteiger partial charge in [0.15, 0.2) is 0 Å². The molecule has 4 rings (SSSR count). The lowest BCUT2D eigenvalue weighted by Gasteiger charge is -2.23. The number of nitrogens with two attached hydrogens (primary N) is 2. The molecule has 31 heavy (non-hydrogen) atoms. The lowest BCUT2D eigenvalue weighted by molar-refractivity contribution is -0.116. The van der Waals surface area contributed by atoms with Crippen molar-refractivity contribution in [1.82, 2.24) is 9.97 Å². The van der Waals surface area contributed by atoms with E-state index in [1.807, 2.05) is 18.7 Å². The second kappa shape index (κ2) is 7.76. The first-order valence-corrected chi connectivity index (χ1v) is 10.4. The van der Waals surface area contributed by atoms with Crippen molar-refractivity contribution in [2.75, 3.05) is 34.4 Å². The molecule has 158 valence electrons. The fourth-order valence-electron chi connectivity index (χ4n) is 3.99. The lowest BCUT2D eigenvalue weighted by atomic mass is 10.0. The maximum absolute atomic E-state index is 13.0. The highest BCUT2D eigenvalue weighted by molar-refractivity contribution is 6.35. The number of fused-ring (bicyclic) bond motifs is 3. The number of aromatic nitrogens is 2. The van der Waals surface area contributed by atoms with Crippen LogP contribution in [0.15, 0.2) is 18.2 Å². The van der Waals surface area contributed by atoms with Crippen LogP contribution < -0.4 is 21.3 Å².